The standard InChI is InChI=1S/C24H19FN2O3/c25-20-9-6-17(7-10-20)21(14-16-4-2-1-3-5-16)24(29)27-13-12-18-15-19(23(28)26-30)8-11-22(18)27/h1-11,14-15,30H,12-13H2,(H,26,28)/b21-14-. The van der Waals surface area contributed by atoms with Crippen LogP contribution in [0.5, 0.6) is 0 Å². The van der Waals surface area contributed by atoms with Crippen molar-refractivity contribution < 1.29 is 19.2 Å². The molecular weight excluding hydrogens is 383 g/mol. The molecule has 0 saturated carbocycles. The lowest BCUT2D eigenvalue weighted by Gasteiger charge is -2.20. The number of benzene rings is 3. The summed E-state index contributed by atoms with van der Waals surface area (Å²) in [6, 6.07) is 20.3. The number of carbonyl (C=O) groups is 2. The number of anilines is 1. The number of carbonyl (C=O) groups excluding carboxylic acids is 2. The number of hydroxylamine groups is 1. The number of hydrogen-bond donors (Lipinski definition) is 2. The number of halogens is 1. The van der Waals surface area contributed by atoms with Crippen LogP contribution in [0.4, 0.5) is 10.1 Å². The van der Waals surface area contributed by atoms with Gasteiger partial charge in [-0.25, -0.2) is 9.87 Å². The molecule has 0 saturated heterocycles. The van der Waals surface area contributed by atoms with E-state index in [9.17, 15) is 14.0 Å². The second-order valence-electron chi connectivity index (χ2n) is 6.97. The van der Waals surface area contributed by atoms with Gasteiger partial charge in [0, 0.05) is 23.4 Å². The monoisotopic (exact) mass is 402 g/mol. The van der Waals surface area contributed by atoms with Crippen LogP contribution >= 0.6 is 0 Å². The molecule has 0 fully saturated rings. The Kier molecular flexibility index (Phi) is 5.41. The zero-order valence-corrected chi connectivity index (χ0v) is 16.0. The fourth-order valence-electron chi connectivity index (χ4n) is 3.58. The molecule has 4 rings (SSSR count). The Morgan fingerprint density at radius 2 is 1.67 bits per heavy atom. The zero-order valence-electron chi connectivity index (χ0n) is 16.0. The van der Waals surface area contributed by atoms with E-state index in [-0.39, 0.29) is 11.7 Å². The Bertz CT molecular complexity index is 1120. The second kappa shape index (κ2) is 8.31. The topological polar surface area (TPSA) is 69.6 Å². The number of amides is 2. The van der Waals surface area contributed by atoms with Gasteiger partial charge in [0.15, 0.2) is 0 Å². The number of rotatable bonds is 4. The molecule has 2 N–H and O–H groups in total. The highest BCUT2D eigenvalue weighted by atomic mass is 19.1. The van der Waals surface area contributed by atoms with Gasteiger partial charge in [-0.2, -0.15) is 0 Å². The van der Waals surface area contributed by atoms with Gasteiger partial charge in [-0.3, -0.25) is 14.8 Å². The van der Waals surface area contributed by atoms with E-state index in [2.05, 4.69) is 0 Å². The van der Waals surface area contributed by atoms with E-state index >= 15 is 0 Å². The van der Waals surface area contributed by atoms with Crippen LogP contribution in [-0.2, 0) is 11.2 Å². The van der Waals surface area contributed by atoms with Gasteiger partial charge in [0.05, 0.1) is 0 Å². The minimum absolute atomic E-state index is 0.205. The summed E-state index contributed by atoms with van der Waals surface area (Å²) in [5.41, 5.74) is 5.44. The van der Waals surface area contributed by atoms with E-state index in [0.717, 1.165) is 16.8 Å². The van der Waals surface area contributed by atoms with E-state index in [0.29, 0.717) is 29.7 Å². The van der Waals surface area contributed by atoms with Crippen molar-refractivity contribution in [3.8, 4) is 0 Å². The number of hydrogen-bond acceptors (Lipinski definition) is 3. The highest BCUT2D eigenvalue weighted by Crippen LogP contribution is 2.32. The van der Waals surface area contributed by atoms with Crippen molar-refractivity contribution in [2.24, 2.45) is 0 Å². The predicted molar refractivity (Wildman–Crippen MR) is 112 cm³/mol. The third kappa shape index (κ3) is 3.86. The van der Waals surface area contributed by atoms with Crippen LogP contribution in [0.3, 0.4) is 0 Å². The van der Waals surface area contributed by atoms with Gasteiger partial charge in [0.25, 0.3) is 11.8 Å². The SMILES string of the molecule is O=C(NO)c1ccc2c(c1)CCN2C(=O)/C(=C\c1ccccc1)c1ccc(F)cc1. The first-order valence-electron chi connectivity index (χ1n) is 9.49. The fraction of sp³-hybridized carbons (Fsp3) is 0.0833. The van der Waals surface area contributed by atoms with Gasteiger partial charge in [0.2, 0.25) is 0 Å². The first kappa shape index (κ1) is 19.5. The molecule has 5 nitrogen and oxygen atoms in total. The van der Waals surface area contributed by atoms with Crippen molar-refractivity contribution in [3.63, 3.8) is 0 Å². The zero-order chi connectivity index (χ0) is 21.1. The summed E-state index contributed by atoms with van der Waals surface area (Å²) in [6.07, 6.45) is 2.39. The highest BCUT2D eigenvalue weighted by Gasteiger charge is 2.28. The summed E-state index contributed by atoms with van der Waals surface area (Å²) in [6.45, 7) is 0.464. The molecule has 0 spiro atoms. The minimum Gasteiger partial charge on any atom is -0.308 e. The fourth-order valence-corrected chi connectivity index (χ4v) is 3.58. The van der Waals surface area contributed by atoms with Gasteiger partial charge in [-0.15, -0.1) is 0 Å². The van der Waals surface area contributed by atoms with E-state index in [4.69, 9.17) is 5.21 Å². The highest BCUT2D eigenvalue weighted by molar-refractivity contribution is 6.30. The molecule has 2 amide bonds. The normalized spacial score (nSPS) is 13.1. The summed E-state index contributed by atoms with van der Waals surface area (Å²) in [5, 5.41) is 8.84. The molecule has 0 aliphatic carbocycles. The van der Waals surface area contributed by atoms with Crippen molar-refractivity contribution in [1.29, 1.82) is 0 Å². The van der Waals surface area contributed by atoms with Crippen molar-refractivity contribution in [3.05, 3.63) is 101 Å². The van der Waals surface area contributed by atoms with Crippen molar-refractivity contribution >= 4 is 29.2 Å². The molecule has 0 atom stereocenters. The molecule has 0 aromatic heterocycles. The van der Waals surface area contributed by atoms with E-state index in [1.807, 2.05) is 30.3 Å². The van der Waals surface area contributed by atoms with Gasteiger partial charge in [-0.05, 0) is 59.5 Å². The first-order chi connectivity index (χ1) is 14.6. The summed E-state index contributed by atoms with van der Waals surface area (Å²) in [7, 11) is 0. The second-order valence-corrected chi connectivity index (χ2v) is 6.97. The lowest BCUT2D eigenvalue weighted by atomic mass is 10.0. The van der Waals surface area contributed by atoms with Crippen molar-refractivity contribution in [2.75, 3.05) is 11.4 Å². The maximum Gasteiger partial charge on any atom is 0.274 e. The molecule has 1 aliphatic rings. The van der Waals surface area contributed by atoms with Crippen LogP contribution in [0.1, 0.15) is 27.0 Å². The summed E-state index contributed by atoms with van der Waals surface area (Å²) < 4.78 is 13.4. The van der Waals surface area contributed by atoms with Crippen LogP contribution in [-0.4, -0.2) is 23.6 Å². The van der Waals surface area contributed by atoms with E-state index < -0.39 is 5.91 Å². The minimum atomic E-state index is -0.599. The molecule has 1 aliphatic heterocycles. The van der Waals surface area contributed by atoms with Crippen molar-refractivity contribution in [2.45, 2.75) is 6.42 Å². The average Bonchev–Trinajstić information content (AvgIpc) is 3.21. The Hall–Kier alpha value is -3.77. The Balaban J connectivity index is 1.73. The molecular formula is C24H19FN2O3. The lowest BCUT2D eigenvalue weighted by molar-refractivity contribution is -0.113. The van der Waals surface area contributed by atoms with Gasteiger partial charge in [0.1, 0.15) is 5.82 Å². The molecule has 3 aromatic carbocycles. The lowest BCUT2D eigenvalue weighted by Crippen LogP contribution is -2.29. The number of nitrogens with one attached hydrogen (secondary N) is 1. The quantitative estimate of drug-likeness (QED) is 0.299. The predicted octanol–water partition coefficient (Wildman–Crippen LogP) is 4.07. The number of fused-ring (bicyclic) bond motifs is 1. The third-order valence-corrected chi connectivity index (χ3v) is 5.08. The van der Waals surface area contributed by atoms with Crippen LogP contribution in [0.2, 0.25) is 0 Å². The maximum absolute atomic E-state index is 13.5. The number of nitrogens with zero attached hydrogens (tertiary/aromatic N) is 1. The Morgan fingerprint density at radius 3 is 2.37 bits per heavy atom. The Morgan fingerprint density at radius 1 is 0.967 bits per heavy atom. The molecule has 3 aromatic rings. The van der Waals surface area contributed by atoms with Crippen LogP contribution in [0, 0.1) is 5.82 Å². The summed E-state index contributed by atoms with van der Waals surface area (Å²) >= 11 is 0. The van der Waals surface area contributed by atoms with E-state index in [1.165, 1.54) is 12.1 Å². The Labute approximate surface area is 173 Å². The molecule has 30 heavy (non-hydrogen) atoms. The molecule has 0 bridgehead atoms. The van der Waals surface area contributed by atoms with Crippen molar-refractivity contribution in [1.82, 2.24) is 5.48 Å². The first-order valence-corrected chi connectivity index (χ1v) is 9.49. The largest absolute Gasteiger partial charge is 0.308 e. The average molecular weight is 402 g/mol. The van der Waals surface area contributed by atoms with Gasteiger partial charge >= 0.3 is 0 Å². The van der Waals surface area contributed by atoms with E-state index in [1.54, 1.807) is 46.8 Å². The summed E-state index contributed by atoms with van der Waals surface area (Å²) in [5.74, 6) is -1.17. The third-order valence-electron chi connectivity index (χ3n) is 5.08. The van der Waals surface area contributed by atoms with Crippen LogP contribution in [0.25, 0.3) is 11.6 Å². The summed E-state index contributed by atoms with van der Waals surface area (Å²) in [4.78, 5) is 26.8. The van der Waals surface area contributed by atoms with Gasteiger partial charge in [-0.1, -0.05) is 42.5 Å². The molecule has 0 unspecified atom stereocenters. The van der Waals surface area contributed by atoms with Gasteiger partial charge < -0.3 is 4.90 Å². The molecule has 1 heterocycles. The molecule has 0 radical (unpaired) electrons. The smallest absolute Gasteiger partial charge is 0.274 e. The molecule has 6 heteroatoms. The molecule has 150 valence electrons. The maximum atomic E-state index is 13.5. The van der Waals surface area contributed by atoms with Crippen LogP contribution < -0.4 is 10.4 Å². The van der Waals surface area contributed by atoms with Crippen LogP contribution in [0.15, 0.2) is 72.8 Å².